The van der Waals surface area contributed by atoms with Crippen LogP contribution in [0.1, 0.15) is 38.5 Å². The molecule has 5 heteroatoms. The minimum Gasteiger partial charge on any atom is -0.392 e. The smallest absolute Gasteiger partial charge is 0.0897 e. The number of ether oxygens (including phenoxy) is 2. The number of aliphatic hydroxyl groups is 2. The zero-order valence-corrected chi connectivity index (χ0v) is 11.6. The lowest BCUT2D eigenvalue weighted by atomic mass is 9.92. The van der Waals surface area contributed by atoms with Gasteiger partial charge in [0.05, 0.1) is 31.5 Å². The molecule has 1 saturated carbocycles. The van der Waals surface area contributed by atoms with Gasteiger partial charge in [0, 0.05) is 19.2 Å². The van der Waals surface area contributed by atoms with Crippen molar-refractivity contribution < 1.29 is 19.7 Å². The van der Waals surface area contributed by atoms with Crippen molar-refractivity contribution in [3.63, 3.8) is 0 Å². The molecular formula is C14H27NO4. The fourth-order valence-corrected chi connectivity index (χ4v) is 2.81. The zero-order chi connectivity index (χ0) is 13.5. The number of aliphatic hydroxyl groups excluding tert-OH is 2. The van der Waals surface area contributed by atoms with Crippen molar-refractivity contribution in [3.05, 3.63) is 0 Å². The fourth-order valence-electron chi connectivity index (χ4n) is 2.81. The third kappa shape index (κ3) is 5.36. The van der Waals surface area contributed by atoms with Crippen LogP contribution in [0.4, 0.5) is 0 Å². The molecule has 0 aromatic carbocycles. The Morgan fingerprint density at radius 2 is 2.05 bits per heavy atom. The molecule has 19 heavy (non-hydrogen) atoms. The third-order valence-electron chi connectivity index (χ3n) is 3.98. The molecule has 112 valence electrons. The van der Waals surface area contributed by atoms with Crippen LogP contribution in [0.25, 0.3) is 0 Å². The number of hydrogen-bond acceptors (Lipinski definition) is 5. The average molecular weight is 273 g/mol. The van der Waals surface area contributed by atoms with Crippen LogP contribution in [-0.2, 0) is 9.47 Å². The minimum absolute atomic E-state index is 0.126. The first-order valence-electron chi connectivity index (χ1n) is 7.54. The van der Waals surface area contributed by atoms with Gasteiger partial charge in [0.2, 0.25) is 0 Å². The Kier molecular flexibility index (Phi) is 6.53. The molecule has 0 spiro atoms. The summed E-state index contributed by atoms with van der Waals surface area (Å²) < 4.78 is 10.9. The Morgan fingerprint density at radius 3 is 2.79 bits per heavy atom. The monoisotopic (exact) mass is 273 g/mol. The van der Waals surface area contributed by atoms with Crippen LogP contribution in [0.3, 0.4) is 0 Å². The summed E-state index contributed by atoms with van der Waals surface area (Å²) in [6.45, 7) is 2.21. The van der Waals surface area contributed by atoms with Crippen molar-refractivity contribution in [3.8, 4) is 0 Å². The van der Waals surface area contributed by atoms with E-state index in [9.17, 15) is 10.2 Å². The summed E-state index contributed by atoms with van der Waals surface area (Å²) in [5, 5.41) is 22.9. The maximum absolute atomic E-state index is 9.83. The van der Waals surface area contributed by atoms with E-state index < -0.39 is 6.10 Å². The van der Waals surface area contributed by atoms with Gasteiger partial charge in [-0.3, -0.25) is 0 Å². The summed E-state index contributed by atoms with van der Waals surface area (Å²) in [4.78, 5) is 0. The maximum Gasteiger partial charge on any atom is 0.0897 e. The predicted molar refractivity (Wildman–Crippen MR) is 72.1 cm³/mol. The summed E-state index contributed by atoms with van der Waals surface area (Å²) in [6.07, 6.45) is 5.70. The van der Waals surface area contributed by atoms with Crippen molar-refractivity contribution in [2.45, 2.75) is 62.9 Å². The number of hydrogen-bond donors (Lipinski definition) is 3. The Morgan fingerprint density at radius 1 is 1.21 bits per heavy atom. The lowest BCUT2D eigenvalue weighted by Gasteiger charge is -2.29. The summed E-state index contributed by atoms with van der Waals surface area (Å²) >= 11 is 0. The van der Waals surface area contributed by atoms with E-state index in [4.69, 9.17) is 9.47 Å². The lowest BCUT2D eigenvalue weighted by Crippen LogP contribution is -2.45. The molecule has 0 radical (unpaired) electrons. The van der Waals surface area contributed by atoms with E-state index in [1.807, 2.05) is 0 Å². The van der Waals surface area contributed by atoms with Gasteiger partial charge in [-0.15, -0.1) is 0 Å². The van der Waals surface area contributed by atoms with Crippen molar-refractivity contribution in [2.75, 3.05) is 26.4 Å². The first-order valence-corrected chi connectivity index (χ1v) is 7.54. The van der Waals surface area contributed by atoms with Gasteiger partial charge >= 0.3 is 0 Å². The van der Waals surface area contributed by atoms with Gasteiger partial charge in [-0.25, -0.2) is 0 Å². The minimum atomic E-state index is -0.518. The highest BCUT2D eigenvalue weighted by Gasteiger charge is 2.23. The molecule has 1 aliphatic carbocycles. The zero-order valence-electron chi connectivity index (χ0n) is 11.6. The number of rotatable bonds is 7. The second-order valence-corrected chi connectivity index (χ2v) is 5.69. The molecule has 0 amide bonds. The molecule has 4 unspecified atom stereocenters. The SMILES string of the molecule is OC(CNC1CCCCC1O)COCC1CCCO1. The van der Waals surface area contributed by atoms with E-state index in [-0.39, 0.29) is 18.2 Å². The summed E-state index contributed by atoms with van der Waals surface area (Å²) in [7, 11) is 0. The Hall–Kier alpha value is -0.200. The highest BCUT2D eigenvalue weighted by molar-refractivity contribution is 4.81. The fraction of sp³-hybridized carbons (Fsp3) is 1.00. The molecule has 1 saturated heterocycles. The molecule has 2 fully saturated rings. The van der Waals surface area contributed by atoms with Crippen LogP contribution in [0, 0.1) is 0 Å². The highest BCUT2D eigenvalue weighted by Crippen LogP contribution is 2.18. The quantitative estimate of drug-likeness (QED) is 0.628. The second kappa shape index (κ2) is 8.17. The van der Waals surface area contributed by atoms with Crippen LogP contribution < -0.4 is 5.32 Å². The molecule has 1 aliphatic heterocycles. The van der Waals surface area contributed by atoms with Crippen LogP contribution in [0.5, 0.6) is 0 Å². The summed E-state index contributed by atoms with van der Waals surface area (Å²) in [5.41, 5.74) is 0. The molecule has 2 rings (SSSR count). The molecule has 4 atom stereocenters. The van der Waals surface area contributed by atoms with Crippen molar-refractivity contribution >= 4 is 0 Å². The van der Waals surface area contributed by atoms with Gasteiger partial charge in [-0.05, 0) is 25.7 Å². The van der Waals surface area contributed by atoms with Gasteiger partial charge in [0.15, 0.2) is 0 Å². The molecule has 0 aromatic heterocycles. The topological polar surface area (TPSA) is 71.0 Å². The summed E-state index contributed by atoms with van der Waals surface area (Å²) in [5.74, 6) is 0. The van der Waals surface area contributed by atoms with Crippen LogP contribution >= 0.6 is 0 Å². The average Bonchev–Trinajstić information content (AvgIpc) is 2.91. The molecule has 1 heterocycles. The van der Waals surface area contributed by atoms with Crippen molar-refractivity contribution in [1.29, 1.82) is 0 Å². The largest absolute Gasteiger partial charge is 0.392 e. The standard InChI is InChI=1S/C14H27NO4/c16-11(9-18-10-12-4-3-7-19-12)8-15-13-5-1-2-6-14(13)17/h11-17H,1-10H2. The van der Waals surface area contributed by atoms with E-state index in [1.165, 1.54) is 0 Å². The normalized spacial score (nSPS) is 33.5. The number of nitrogens with one attached hydrogen (secondary N) is 1. The van der Waals surface area contributed by atoms with Gasteiger partial charge < -0.3 is 25.0 Å². The van der Waals surface area contributed by atoms with Gasteiger partial charge in [0.1, 0.15) is 0 Å². The van der Waals surface area contributed by atoms with E-state index in [0.717, 1.165) is 45.1 Å². The Balaban J connectivity index is 1.52. The third-order valence-corrected chi connectivity index (χ3v) is 3.98. The van der Waals surface area contributed by atoms with Crippen molar-refractivity contribution in [2.24, 2.45) is 0 Å². The molecule has 0 aromatic rings. The van der Waals surface area contributed by atoms with E-state index >= 15 is 0 Å². The van der Waals surface area contributed by atoms with Crippen LogP contribution in [0.15, 0.2) is 0 Å². The molecule has 0 bridgehead atoms. The molecule has 5 nitrogen and oxygen atoms in total. The summed E-state index contributed by atoms with van der Waals surface area (Å²) in [6, 6.07) is 0.126. The van der Waals surface area contributed by atoms with E-state index in [1.54, 1.807) is 0 Å². The molecule has 3 N–H and O–H groups in total. The van der Waals surface area contributed by atoms with E-state index in [0.29, 0.717) is 19.8 Å². The predicted octanol–water partition coefficient (Wildman–Crippen LogP) is 0.436. The Labute approximate surface area is 115 Å². The van der Waals surface area contributed by atoms with Gasteiger partial charge in [0.25, 0.3) is 0 Å². The molecule has 2 aliphatic rings. The van der Waals surface area contributed by atoms with Crippen LogP contribution in [0.2, 0.25) is 0 Å². The Bertz CT molecular complexity index is 246. The van der Waals surface area contributed by atoms with Gasteiger partial charge in [-0.1, -0.05) is 12.8 Å². The van der Waals surface area contributed by atoms with Crippen LogP contribution in [-0.4, -0.2) is 60.9 Å². The highest BCUT2D eigenvalue weighted by atomic mass is 16.5. The second-order valence-electron chi connectivity index (χ2n) is 5.69. The van der Waals surface area contributed by atoms with Crippen molar-refractivity contribution in [1.82, 2.24) is 5.32 Å². The first kappa shape index (κ1) is 15.2. The lowest BCUT2D eigenvalue weighted by molar-refractivity contribution is -0.0187. The van der Waals surface area contributed by atoms with E-state index in [2.05, 4.69) is 5.32 Å². The van der Waals surface area contributed by atoms with Gasteiger partial charge in [-0.2, -0.15) is 0 Å². The maximum atomic E-state index is 9.83. The first-order chi connectivity index (χ1) is 9.25. The molecular weight excluding hydrogens is 246 g/mol.